The van der Waals surface area contributed by atoms with E-state index in [-0.39, 0.29) is 6.10 Å². The maximum absolute atomic E-state index is 9.74. The van der Waals surface area contributed by atoms with E-state index in [2.05, 4.69) is 32.0 Å². The highest BCUT2D eigenvalue weighted by atomic mass is 32.1. The first-order valence-corrected chi connectivity index (χ1v) is 7.29. The van der Waals surface area contributed by atoms with Crippen molar-refractivity contribution in [1.82, 2.24) is 0 Å². The molecular formula is C16H18OS. The average molecular weight is 258 g/mol. The molecule has 0 saturated heterocycles. The molecule has 0 fully saturated rings. The first-order chi connectivity index (χ1) is 8.56. The van der Waals surface area contributed by atoms with Crippen molar-refractivity contribution in [2.75, 3.05) is 0 Å². The summed E-state index contributed by atoms with van der Waals surface area (Å²) in [4.78, 5) is 2.46. The molecule has 3 rings (SSSR count). The van der Waals surface area contributed by atoms with Crippen LogP contribution in [-0.4, -0.2) is 5.11 Å². The molecule has 1 atom stereocenters. The molecule has 0 spiro atoms. The van der Waals surface area contributed by atoms with Gasteiger partial charge in [-0.15, -0.1) is 11.3 Å². The Morgan fingerprint density at radius 1 is 1.17 bits per heavy atom. The fourth-order valence-corrected chi connectivity index (χ4v) is 4.05. The lowest BCUT2D eigenvalue weighted by Crippen LogP contribution is -2.03. The minimum absolute atomic E-state index is 0.352. The van der Waals surface area contributed by atoms with Gasteiger partial charge in [0.15, 0.2) is 0 Å². The number of rotatable bonds is 1. The Hall–Kier alpha value is -1.12. The van der Waals surface area contributed by atoms with E-state index in [1.165, 1.54) is 32.7 Å². The first kappa shape index (κ1) is 11.9. The second-order valence-electron chi connectivity index (χ2n) is 5.29. The fourth-order valence-electron chi connectivity index (χ4n) is 2.86. The lowest BCUT2D eigenvalue weighted by atomic mass is 9.87. The maximum Gasteiger partial charge on any atom is 0.0854 e. The van der Waals surface area contributed by atoms with Gasteiger partial charge in [0.1, 0.15) is 0 Å². The van der Waals surface area contributed by atoms with E-state index in [0.717, 1.165) is 17.7 Å². The third kappa shape index (κ3) is 1.80. The third-order valence-corrected chi connectivity index (χ3v) is 5.13. The normalized spacial score (nSPS) is 15.1. The second-order valence-corrected chi connectivity index (χ2v) is 6.37. The zero-order valence-corrected chi connectivity index (χ0v) is 11.9. The van der Waals surface area contributed by atoms with Gasteiger partial charge in [-0.25, -0.2) is 0 Å². The molecule has 0 radical (unpaired) electrons. The summed E-state index contributed by atoms with van der Waals surface area (Å²) in [5.74, 6) is 0. The fraction of sp³-hybridized carbons (Fsp3) is 0.375. The van der Waals surface area contributed by atoms with Crippen LogP contribution in [0.5, 0.6) is 0 Å². The molecule has 94 valence electrons. The van der Waals surface area contributed by atoms with Crippen LogP contribution in [0.3, 0.4) is 0 Å². The van der Waals surface area contributed by atoms with Crippen LogP contribution in [0.25, 0.3) is 10.4 Å². The van der Waals surface area contributed by atoms with E-state index >= 15 is 0 Å². The predicted octanol–water partition coefficient (Wildman–Crippen LogP) is 4.18. The summed E-state index contributed by atoms with van der Waals surface area (Å²) in [5, 5.41) is 9.74. The van der Waals surface area contributed by atoms with Crippen molar-refractivity contribution in [2.24, 2.45) is 0 Å². The van der Waals surface area contributed by atoms with E-state index in [9.17, 15) is 5.11 Å². The van der Waals surface area contributed by atoms with Crippen molar-refractivity contribution in [3.63, 3.8) is 0 Å². The molecule has 1 aliphatic rings. The molecular weight excluding hydrogens is 240 g/mol. The van der Waals surface area contributed by atoms with Crippen molar-refractivity contribution >= 4 is 11.3 Å². The van der Waals surface area contributed by atoms with Crippen LogP contribution in [0.2, 0.25) is 0 Å². The molecule has 18 heavy (non-hydrogen) atoms. The Kier molecular flexibility index (Phi) is 2.80. The zero-order chi connectivity index (χ0) is 12.9. The van der Waals surface area contributed by atoms with Crippen LogP contribution in [0.4, 0.5) is 0 Å². The van der Waals surface area contributed by atoms with Gasteiger partial charge in [-0.2, -0.15) is 0 Å². The number of benzene rings is 1. The highest BCUT2D eigenvalue weighted by molar-refractivity contribution is 7.15. The number of aryl methyl sites for hydroxylation is 3. The Labute approximate surface area is 112 Å². The van der Waals surface area contributed by atoms with Crippen molar-refractivity contribution in [2.45, 2.75) is 39.7 Å². The van der Waals surface area contributed by atoms with Gasteiger partial charge in [-0.1, -0.05) is 17.7 Å². The van der Waals surface area contributed by atoms with E-state index in [1.54, 1.807) is 11.3 Å². The van der Waals surface area contributed by atoms with Gasteiger partial charge in [0, 0.05) is 9.75 Å². The molecule has 2 aromatic rings. The minimum Gasteiger partial charge on any atom is -0.388 e. The molecule has 0 aliphatic heterocycles. The van der Waals surface area contributed by atoms with Gasteiger partial charge in [0.05, 0.1) is 6.10 Å². The smallest absolute Gasteiger partial charge is 0.0854 e. The SMILES string of the molecule is Cc1cc(C)c2c(c1)-c1sc(C(C)O)cc1CC2. The van der Waals surface area contributed by atoms with Crippen LogP contribution in [0, 0.1) is 13.8 Å². The number of aliphatic hydroxyl groups excluding tert-OH is 1. The lowest BCUT2D eigenvalue weighted by Gasteiger charge is -2.19. The second kappa shape index (κ2) is 4.22. The summed E-state index contributed by atoms with van der Waals surface area (Å²) >= 11 is 1.75. The van der Waals surface area contributed by atoms with Crippen LogP contribution in [0.15, 0.2) is 18.2 Å². The molecule has 0 amide bonds. The van der Waals surface area contributed by atoms with Gasteiger partial charge in [0.2, 0.25) is 0 Å². The number of hydrogen-bond donors (Lipinski definition) is 1. The summed E-state index contributed by atoms with van der Waals surface area (Å²) in [6.45, 7) is 6.21. The Morgan fingerprint density at radius 3 is 2.67 bits per heavy atom. The van der Waals surface area contributed by atoms with Crippen molar-refractivity contribution in [3.05, 3.63) is 45.3 Å². The molecule has 1 aromatic carbocycles. The van der Waals surface area contributed by atoms with E-state index in [1.807, 2.05) is 6.92 Å². The summed E-state index contributed by atoms with van der Waals surface area (Å²) < 4.78 is 0. The van der Waals surface area contributed by atoms with Gasteiger partial charge in [-0.3, -0.25) is 0 Å². The molecule has 1 unspecified atom stereocenters. The molecule has 1 N–H and O–H groups in total. The summed E-state index contributed by atoms with van der Waals surface area (Å²) in [7, 11) is 0. The molecule has 1 heterocycles. The van der Waals surface area contributed by atoms with Crippen molar-refractivity contribution in [3.8, 4) is 10.4 Å². The number of fused-ring (bicyclic) bond motifs is 3. The van der Waals surface area contributed by atoms with Crippen LogP contribution in [-0.2, 0) is 12.8 Å². The van der Waals surface area contributed by atoms with E-state index < -0.39 is 0 Å². The highest BCUT2D eigenvalue weighted by Crippen LogP contribution is 2.42. The van der Waals surface area contributed by atoms with Crippen LogP contribution >= 0.6 is 11.3 Å². The summed E-state index contributed by atoms with van der Waals surface area (Å²) in [6, 6.07) is 6.75. The summed E-state index contributed by atoms with van der Waals surface area (Å²) in [6.07, 6.45) is 1.88. The Bertz CT molecular complexity index is 608. The van der Waals surface area contributed by atoms with Crippen LogP contribution in [0.1, 0.15) is 40.2 Å². The quantitative estimate of drug-likeness (QED) is 0.813. The average Bonchev–Trinajstić information content (AvgIpc) is 2.72. The monoisotopic (exact) mass is 258 g/mol. The lowest BCUT2D eigenvalue weighted by molar-refractivity contribution is 0.203. The van der Waals surface area contributed by atoms with Crippen molar-refractivity contribution in [1.29, 1.82) is 0 Å². The van der Waals surface area contributed by atoms with Crippen LogP contribution < -0.4 is 0 Å². The third-order valence-electron chi connectivity index (χ3n) is 3.75. The molecule has 1 aliphatic carbocycles. The first-order valence-electron chi connectivity index (χ1n) is 6.47. The number of hydrogen-bond acceptors (Lipinski definition) is 2. The minimum atomic E-state index is -0.352. The largest absolute Gasteiger partial charge is 0.388 e. The highest BCUT2D eigenvalue weighted by Gasteiger charge is 2.21. The predicted molar refractivity (Wildman–Crippen MR) is 77.3 cm³/mol. The summed E-state index contributed by atoms with van der Waals surface area (Å²) in [5.41, 5.74) is 7.03. The molecule has 0 bridgehead atoms. The topological polar surface area (TPSA) is 20.2 Å². The molecule has 1 nitrogen and oxygen atoms in total. The van der Waals surface area contributed by atoms with E-state index in [0.29, 0.717) is 0 Å². The Balaban J connectivity index is 2.21. The molecule has 1 aromatic heterocycles. The van der Waals surface area contributed by atoms with Gasteiger partial charge in [-0.05, 0) is 61.9 Å². The zero-order valence-electron chi connectivity index (χ0n) is 11.1. The molecule has 0 saturated carbocycles. The Morgan fingerprint density at radius 2 is 1.94 bits per heavy atom. The maximum atomic E-state index is 9.74. The van der Waals surface area contributed by atoms with Gasteiger partial charge < -0.3 is 5.11 Å². The number of aliphatic hydroxyl groups is 1. The van der Waals surface area contributed by atoms with Gasteiger partial charge in [0.25, 0.3) is 0 Å². The standard InChI is InChI=1S/C16H18OS/c1-9-6-10(2)13-5-4-12-8-15(11(3)17)18-16(12)14(13)7-9/h6-8,11,17H,4-5H2,1-3H3. The number of thiophene rings is 1. The molecule has 2 heteroatoms. The van der Waals surface area contributed by atoms with Crippen molar-refractivity contribution < 1.29 is 5.11 Å². The van der Waals surface area contributed by atoms with E-state index in [4.69, 9.17) is 0 Å². The van der Waals surface area contributed by atoms with Gasteiger partial charge >= 0.3 is 0 Å².